The summed E-state index contributed by atoms with van der Waals surface area (Å²) in [5.74, 6) is -0.728. The molecule has 0 spiro atoms. The van der Waals surface area contributed by atoms with Crippen LogP contribution in [0.3, 0.4) is 0 Å². The van der Waals surface area contributed by atoms with Crippen molar-refractivity contribution in [1.82, 2.24) is 0 Å². The van der Waals surface area contributed by atoms with Gasteiger partial charge in [-0.05, 0) is 31.2 Å². The van der Waals surface area contributed by atoms with E-state index in [2.05, 4.69) is 10.6 Å². The van der Waals surface area contributed by atoms with E-state index in [9.17, 15) is 14.0 Å². The molecule has 3 rings (SSSR count). The maximum Gasteiger partial charge on any atom is 0.282 e. The number of hydrogen-bond acceptors (Lipinski definition) is 2. The van der Waals surface area contributed by atoms with Crippen LogP contribution >= 0.6 is 11.6 Å². The summed E-state index contributed by atoms with van der Waals surface area (Å²) in [5, 5.41) is 6.02. The van der Waals surface area contributed by atoms with Gasteiger partial charge in [-0.25, -0.2) is 4.39 Å². The van der Waals surface area contributed by atoms with E-state index in [1.165, 1.54) is 11.0 Å². The molecule has 0 unspecified atom stereocenters. The molecule has 2 aromatic carbocycles. The third kappa shape index (κ3) is 5.76. The molecule has 0 aromatic heterocycles. The summed E-state index contributed by atoms with van der Waals surface area (Å²) in [6.07, 6.45) is 0. The highest BCUT2D eigenvalue weighted by atomic mass is 35.5. The molecule has 154 valence electrons. The molecule has 29 heavy (non-hydrogen) atoms. The van der Waals surface area contributed by atoms with Gasteiger partial charge in [0.2, 0.25) is 0 Å². The first-order valence-corrected chi connectivity index (χ1v) is 10.1. The highest BCUT2D eigenvalue weighted by Gasteiger charge is 2.32. The molecule has 1 saturated heterocycles. The lowest BCUT2D eigenvalue weighted by atomic mass is 10.2. The van der Waals surface area contributed by atoms with E-state index in [-0.39, 0.29) is 23.5 Å². The SMILES string of the molecule is C[C@H](C(=O)Nc1ccccc1F)[NH+]1CC[NH+](CC(=O)Nc2ccccc2Cl)CC1. The fourth-order valence-corrected chi connectivity index (χ4v) is 3.69. The summed E-state index contributed by atoms with van der Waals surface area (Å²) in [6.45, 7) is 5.29. The summed E-state index contributed by atoms with van der Waals surface area (Å²) in [4.78, 5) is 27.1. The van der Waals surface area contributed by atoms with E-state index < -0.39 is 5.82 Å². The zero-order chi connectivity index (χ0) is 20.8. The van der Waals surface area contributed by atoms with E-state index in [1.54, 1.807) is 30.3 Å². The van der Waals surface area contributed by atoms with Gasteiger partial charge in [0.05, 0.1) is 16.4 Å². The van der Waals surface area contributed by atoms with E-state index in [1.807, 2.05) is 19.1 Å². The van der Waals surface area contributed by atoms with Crippen molar-refractivity contribution < 1.29 is 23.8 Å². The van der Waals surface area contributed by atoms with Gasteiger partial charge in [-0.15, -0.1) is 0 Å². The number of anilines is 2. The Morgan fingerprint density at radius 1 is 1.00 bits per heavy atom. The Morgan fingerprint density at radius 2 is 1.62 bits per heavy atom. The lowest BCUT2D eigenvalue weighted by molar-refractivity contribution is -1.01. The quantitative estimate of drug-likeness (QED) is 0.540. The molecule has 1 aliphatic rings. The van der Waals surface area contributed by atoms with Crippen molar-refractivity contribution in [1.29, 1.82) is 0 Å². The minimum Gasteiger partial charge on any atom is -0.320 e. The molecule has 0 radical (unpaired) electrons. The molecule has 1 heterocycles. The van der Waals surface area contributed by atoms with Crippen LogP contribution in [0.5, 0.6) is 0 Å². The van der Waals surface area contributed by atoms with Crippen molar-refractivity contribution in [2.75, 3.05) is 43.4 Å². The van der Waals surface area contributed by atoms with Crippen molar-refractivity contribution in [2.45, 2.75) is 13.0 Å². The average molecular weight is 421 g/mol. The smallest absolute Gasteiger partial charge is 0.282 e. The molecule has 1 fully saturated rings. The second kappa shape index (κ2) is 9.82. The van der Waals surface area contributed by atoms with Crippen LogP contribution in [0.4, 0.5) is 15.8 Å². The minimum atomic E-state index is -0.443. The number of carbonyl (C=O) groups is 2. The number of hydrogen-bond donors (Lipinski definition) is 4. The van der Waals surface area contributed by atoms with Crippen molar-refractivity contribution >= 4 is 34.8 Å². The van der Waals surface area contributed by atoms with Crippen LogP contribution in [0.25, 0.3) is 0 Å². The topological polar surface area (TPSA) is 67.1 Å². The van der Waals surface area contributed by atoms with Crippen LogP contribution in [0.1, 0.15) is 6.92 Å². The molecule has 8 heteroatoms. The lowest BCUT2D eigenvalue weighted by Gasteiger charge is -2.32. The van der Waals surface area contributed by atoms with Gasteiger partial charge in [-0.2, -0.15) is 0 Å². The number of carbonyl (C=O) groups excluding carboxylic acids is 2. The van der Waals surface area contributed by atoms with Gasteiger partial charge in [0.1, 0.15) is 32.0 Å². The molecule has 2 amide bonds. The van der Waals surface area contributed by atoms with Gasteiger partial charge >= 0.3 is 0 Å². The Kier molecular flexibility index (Phi) is 7.19. The largest absolute Gasteiger partial charge is 0.320 e. The van der Waals surface area contributed by atoms with Crippen LogP contribution in [-0.2, 0) is 9.59 Å². The first-order chi connectivity index (χ1) is 13.9. The Hall–Kier alpha value is -2.48. The minimum absolute atomic E-state index is 0.0816. The number of piperazine rings is 1. The maximum atomic E-state index is 13.7. The molecular formula is C21H26ClFN4O2+2. The van der Waals surface area contributed by atoms with E-state index >= 15 is 0 Å². The van der Waals surface area contributed by atoms with Crippen LogP contribution in [0.2, 0.25) is 5.02 Å². The number of quaternary nitrogens is 2. The average Bonchev–Trinajstić information content (AvgIpc) is 2.71. The van der Waals surface area contributed by atoms with E-state index in [4.69, 9.17) is 11.6 Å². The molecule has 0 saturated carbocycles. The Labute approximate surface area is 174 Å². The third-order valence-electron chi connectivity index (χ3n) is 5.30. The number of amides is 2. The predicted octanol–water partition coefficient (Wildman–Crippen LogP) is 0.228. The van der Waals surface area contributed by atoms with E-state index in [0.29, 0.717) is 17.3 Å². The summed E-state index contributed by atoms with van der Waals surface area (Å²) in [5.41, 5.74) is 0.811. The summed E-state index contributed by atoms with van der Waals surface area (Å²) >= 11 is 6.08. The lowest BCUT2D eigenvalue weighted by Crippen LogP contribution is -3.30. The fraction of sp³-hybridized carbons (Fsp3) is 0.333. The predicted molar refractivity (Wildman–Crippen MR) is 111 cm³/mol. The number of nitrogens with one attached hydrogen (secondary N) is 4. The van der Waals surface area contributed by atoms with Crippen LogP contribution < -0.4 is 20.4 Å². The second-order valence-corrected chi connectivity index (χ2v) is 7.71. The highest BCUT2D eigenvalue weighted by Crippen LogP contribution is 2.19. The number of para-hydroxylation sites is 2. The first-order valence-electron chi connectivity index (χ1n) is 9.72. The third-order valence-corrected chi connectivity index (χ3v) is 5.62. The molecule has 1 aliphatic heterocycles. The van der Waals surface area contributed by atoms with Crippen LogP contribution in [0, 0.1) is 5.82 Å². The van der Waals surface area contributed by atoms with Crippen LogP contribution in [0.15, 0.2) is 48.5 Å². The molecule has 0 bridgehead atoms. The molecule has 1 atom stereocenters. The van der Waals surface area contributed by atoms with Gasteiger partial charge < -0.3 is 20.4 Å². The zero-order valence-electron chi connectivity index (χ0n) is 16.3. The van der Waals surface area contributed by atoms with Gasteiger partial charge in [0.15, 0.2) is 12.6 Å². The summed E-state index contributed by atoms with van der Waals surface area (Å²) in [6, 6.07) is 13.0. The molecule has 2 aromatic rings. The Balaban J connectivity index is 1.46. The van der Waals surface area contributed by atoms with Gasteiger partial charge in [0.25, 0.3) is 11.8 Å². The van der Waals surface area contributed by atoms with Crippen molar-refractivity contribution in [3.05, 3.63) is 59.4 Å². The number of benzene rings is 2. The van der Waals surface area contributed by atoms with Crippen molar-refractivity contribution in [3.8, 4) is 0 Å². The second-order valence-electron chi connectivity index (χ2n) is 7.30. The maximum absolute atomic E-state index is 13.7. The Bertz CT molecular complexity index is 871. The van der Waals surface area contributed by atoms with E-state index in [0.717, 1.165) is 31.1 Å². The molecule has 0 aliphatic carbocycles. The Morgan fingerprint density at radius 3 is 2.28 bits per heavy atom. The zero-order valence-corrected chi connectivity index (χ0v) is 17.1. The van der Waals surface area contributed by atoms with Crippen molar-refractivity contribution in [3.63, 3.8) is 0 Å². The monoisotopic (exact) mass is 420 g/mol. The molecular weight excluding hydrogens is 395 g/mol. The van der Waals surface area contributed by atoms with Gasteiger partial charge in [0, 0.05) is 0 Å². The van der Waals surface area contributed by atoms with Crippen molar-refractivity contribution in [2.24, 2.45) is 0 Å². The fourth-order valence-electron chi connectivity index (χ4n) is 3.51. The molecule has 6 nitrogen and oxygen atoms in total. The standard InChI is InChI=1S/C21H24ClFN4O2/c1-15(21(29)25-19-9-5-3-7-17(19)23)27-12-10-26(11-13-27)14-20(28)24-18-8-4-2-6-16(18)22/h2-9,15H,10-14H2,1H3,(H,24,28)(H,25,29)/p+2/t15-/m1/s1. The number of rotatable bonds is 6. The molecule has 4 N–H and O–H groups in total. The van der Waals surface area contributed by atoms with Crippen LogP contribution in [-0.4, -0.2) is 50.6 Å². The summed E-state index contributed by atoms with van der Waals surface area (Å²) < 4.78 is 13.7. The first kappa shape index (κ1) is 21.2. The highest BCUT2D eigenvalue weighted by molar-refractivity contribution is 6.33. The summed E-state index contributed by atoms with van der Waals surface area (Å²) in [7, 11) is 0. The number of halogens is 2. The van der Waals surface area contributed by atoms with Gasteiger partial charge in [-0.3, -0.25) is 9.59 Å². The normalized spacial score (nSPS) is 20.0. The van der Waals surface area contributed by atoms with Gasteiger partial charge in [-0.1, -0.05) is 35.9 Å².